The van der Waals surface area contributed by atoms with Crippen LogP contribution in [-0.2, 0) is 6.54 Å². The molecule has 2 aromatic rings. The summed E-state index contributed by atoms with van der Waals surface area (Å²) in [5, 5.41) is 0. The molecule has 0 fully saturated rings. The molecule has 0 saturated heterocycles. The molecule has 0 radical (unpaired) electrons. The van der Waals surface area contributed by atoms with Gasteiger partial charge in [-0.1, -0.05) is 18.2 Å². The lowest BCUT2D eigenvalue weighted by Crippen LogP contribution is -2.32. The molecule has 2 heteroatoms. The third kappa shape index (κ3) is 2.36. The molecule has 2 rings (SSSR count). The van der Waals surface area contributed by atoms with Crippen molar-refractivity contribution in [2.75, 3.05) is 0 Å². The van der Waals surface area contributed by atoms with Crippen molar-refractivity contribution < 1.29 is 4.57 Å². The van der Waals surface area contributed by atoms with Gasteiger partial charge in [0.2, 0.25) is 0 Å². The second-order valence-electron chi connectivity index (χ2n) is 3.21. The monoisotopic (exact) mass is 202 g/mol. The van der Waals surface area contributed by atoms with Crippen molar-refractivity contribution in [3.63, 3.8) is 0 Å². The van der Waals surface area contributed by atoms with Crippen molar-refractivity contribution in [2.24, 2.45) is 0 Å². The third-order valence-electron chi connectivity index (χ3n) is 2.08. The lowest BCUT2D eigenvalue weighted by molar-refractivity contribution is -0.688. The van der Waals surface area contributed by atoms with Crippen molar-refractivity contribution in [2.45, 2.75) is 11.4 Å². The van der Waals surface area contributed by atoms with Gasteiger partial charge in [-0.25, -0.2) is 4.57 Å². The van der Waals surface area contributed by atoms with Crippen LogP contribution < -0.4 is 4.57 Å². The minimum Gasteiger partial charge on any atom is -0.201 e. The minimum atomic E-state index is 0.912. The molecule has 14 heavy (non-hydrogen) atoms. The number of benzene rings is 1. The van der Waals surface area contributed by atoms with Gasteiger partial charge in [0.25, 0.3) is 0 Å². The Kier molecular flexibility index (Phi) is 2.84. The van der Waals surface area contributed by atoms with E-state index < -0.39 is 0 Å². The van der Waals surface area contributed by atoms with Gasteiger partial charge >= 0.3 is 0 Å². The van der Waals surface area contributed by atoms with Crippen LogP contribution in [0.25, 0.3) is 0 Å². The lowest BCUT2D eigenvalue weighted by Gasteiger charge is -1.97. The molecule has 0 aliphatic rings. The first-order valence-corrected chi connectivity index (χ1v) is 5.01. The highest BCUT2D eigenvalue weighted by atomic mass is 32.1. The maximum atomic E-state index is 4.25. The van der Waals surface area contributed by atoms with Gasteiger partial charge in [0.1, 0.15) is 0 Å². The van der Waals surface area contributed by atoms with E-state index in [2.05, 4.69) is 41.7 Å². The maximum absolute atomic E-state index is 4.25. The number of pyridine rings is 1. The summed E-state index contributed by atoms with van der Waals surface area (Å²) in [6, 6.07) is 14.3. The molecular formula is C12H12NS+. The smallest absolute Gasteiger partial charge is 0.173 e. The number of aromatic nitrogens is 1. The average molecular weight is 202 g/mol. The fourth-order valence-electron chi connectivity index (χ4n) is 1.35. The summed E-state index contributed by atoms with van der Waals surface area (Å²) < 4.78 is 2.15. The van der Waals surface area contributed by atoms with Crippen LogP contribution >= 0.6 is 12.6 Å². The fourth-order valence-corrected chi connectivity index (χ4v) is 1.50. The third-order valence-corrected chi connectivity index (χ3v) is 2.38. The van der Waals surface area contributed by atoms with Crippen molar-refractivity contribution in [1.82, 2.24) is 0 Å². The summed E-state index contributed by atoms with van der Waals surface area (Å²) in [5.41, 5.74) is 1.29. The molecule has 0 N–H and O–H groups in total. The highest BCUT2D eigenvalue weighted by Crippen LogP contribution is 2.06. The lowest BCUT2D eigenvalue weighted by atomic mass is 10.2. The van der Waals surface area contributed by atoms with Crippen LogP contribution in [0.3, 0.4) is 0 Å². The summed E-state index contributed by atoms with van der Waals surface area (Å²) in [4.78, 5) is 1.01. The Balaban J connectivity index is 2.16. The molecule has 0 spiro atoms. The molecule has 1 aromatic carbocycles. The van der Waals surface area contributed by atoms with Crippen molar-refractivity contribution in [3.8, 4) is 0 Å². The molecule has 0 aliphatic heterocycles. The number of rotatable bonds is 2. The van der Waals surface area contributed by atoms with Crippen LogP contribution in [0.2, 0.25) is 0 Å². The Morgan fingerprint density at radius 2 is 1.57 bits per heavy atom. The van der Waals surface area contributed by atoms with Crippen molar-refractivity contribution in [1.29, 1.82) is 0 Å². The zero-order chi connectivity index (χ0) is 9.80. The van der Waals surface area contributed by atoms with Crippen LogP contribution in [0.5, 0.6) is 0 Å². The van der Waals surface area contributed by atoms with E-state index in [1.54, 1.807) is 0 Å². The van der Waals surface area contributed by atoms with E-state index in [0.29, 0.717) is 0 Å². The van der Waals surface area contributed by atoms with Crippen LogP contribution in [0.1, 0.15) is 5.56 Å². The molecule has 1 nitrogen and oxygen atoms in total. The number of thiol groups is 1. The molecular weight excluding hydrogens is 190 g/mol. The molecule has 1 aromatic heterocycles. The van der Waals surface area contributed by atoms with Crippen LogP contribution in [0.4, 0.5) is 0 Å². The first kappa shape index (κ1) is 9.28. The van der Waals surface area contributed by atoms with Crippen molar-refractivity contribution in [3.05, 3.63) is 60.4 Å². The zero-order valence-electron chi connectivity index (χ0n) is 7.80. The van der Waals surface area contributed by atoms with Gasteiger partial charge < -0.3 is 0 Å². The summed E-state index contributed by atoms with van der Waals surface area (Å²) >= 11 is 4.25. The second-order valence-corrected chi connectivity index (χ2v) is 3.73. The normalized spacial score (nSPS) is 10.1. The topological polar surface area (TPSA) is 3.88 Å². The number of nitrogens with zero attached hydrogens (tertiary/aromatic N) is 1. The predicted molar refractivity (Wildman–Crippen MR) is 59.4 cm³/mol. The highest BCUT2D eigenvalue weighted by Gasteiger charge is 1.99. The number of hydrogen-bond acceptors (Lipinski definition) is 1. The maximum Gasteiger partial charge on any atom is 0.173 e. The Bertz CT molecular complexity index is 394. The van der Waals surface area contributed by atoms with Gasteiger partial charge in [-0.15, -0.1) is 12.6 Å². The largest absolute Gasteiger partial charge is 0.201 e. The molecule has 0 bridgehead atoms. The highest BCUT2D eigenvalue weighted by molar-refractivity contribution is 7.80. The molecule has 0 amide bonds. The molecule has 0 aliphatic carbocycles. The van der Waals surface area contributed by atoms with Gasteiger partial charge in [-0.05, 0) is 12.1 Å². The average Bonchev–Trinajstić information content (AvgIpc) is 2.23. The van der Waals surface area contributed by atoms with Crippen LogP contribution in [-0.4, -0.2) is 0 Å². The summed E-state index contributed by atoms with van der Waals surface area (Å²) in [6.07, 6.45) is 4.13. The van der Waals surface area contributed by atoms with Gasteiger partial charge in [0, 0.05) is 22.6 Å². The molecule has 70 valence electrons. The van der Waals surface area contributed by atoms with E-state index in [1.807, 2.05) is 30.3 Å². The van der Waals surface area contributed by atoms with E-state index in [9.17, 15) is 0 Å². The summed E-state index contributed by atoms with van der Waals surface area (Å²) in [6.45, 7) is 0.912. The fraction of sp³-hybridized carbons (Fsp3) is 0.0833. The first-order valence-electron chi connectivity index (χ1n) is 4.56. The van der Waals surface area contributed by atoms with Crippen molar-refractivity contribution >= 4 is 12.6 Å². The quantitative estimate of drug-likeness (QED) is 0.563. The molecule has 0 saturated carbocycles. The van der Waals surface area contributed by atoms with E-state index in [0.717, 1.165) is 11.4 Å². The first-order chi connectivity index (χ1) is 6.84. The summed E-state index contributed by atoms with van der Waals surface area (Å²) in [5.74, 6) is 0. The second kappa shape index (κ2) is 4.29. The Labute approximate surface area is 89.4 Å². The predicted octanol–water partition coefficient (Wildman–Crippen LogP) is 2.31. The standard InChI is InChI=1S/C12H11NS/c14-12-6-4-11(5-7-12)10-13-8-2-1-3-9-13/h1-9H,10H2/p+1. The van der Waals surface area contributed by atoms with Gasteiger partial charge in [-0.3, -0.25) is 0 Å². The number of hydrogen-bond donors (Lipinski definition) is 1. The SMILES string of the molecule is Sc1ccc(C[n+]2ccccc2)cc1. The van der Waals surface area contributed by atoms with Crippen LogP contribution in [0.15, 0.2) is 59.8 Å². The molecule has 0 atom stereocenters. The minimum absolute atomic E-state index is 0.912. The van der Waals surface area contributed by atoms with E-state index in [-0.39, 0.29) is 0 Å². The Morgan fingerprint density at radius 3 is 2.21 bits per heavy atom. The van der Waals surface area contributed by atoms with E-state index >= 15 is 0 Å². The van der Waals surface area contributed by atoms with Gasteiger partial charge in [0.05, 0.1) is 0 Å². The van der Waals surface area contributed by atoms with E-state index in [1.165, 1.54) is 5.56 Å². The van der Waals surface area contributed by atoms with Gasteiger partial charge in [-0.2, -0.15) is 0 Å². The Hall–Kier alpha value is -1.28. The summed E-state index contributed by atoms with van der Waals surface area (Å²) in [7, 11) is 0. The van der Waals surface area contributed by atoms with E-state index in [4.69, 9.17) is 0 Å². The zero-order valence-corrected chi connectivity index (χ0v) is 8.69. The Morgan fingerprint density at radius 1 is 0.929 bits per heavy atom. The van der Waals surface area contributed by atoms with Gasteiger partial charge in [0.15, 0.2) is 18.9 Å². The van der Waals surface area contributed by atoms with Crippen LogP contribution in [0, 0.1) is 0 Å². The molecule has 1 heterocycles. The molecule has 0 unspecified atom stereocenters.